The molecule has 1 heterocycles. The van der Waals surface area contributed by atoms with E-state index < -0.39 is 10.0 Å². The minimum absolute atomic E-state index is 0.287. The van der Waals surface area contributed by atoms with E-state index in [2.05, 4.69) is 15.9 Å². The van der Waals surface area contributed by atoms with Crippen molar-refractivity contribution in [2.75, 3.05) is 26.3 Å². The minimum Gasteiger partial charge on any atom is -0.380 e. The van der Waals surface area contributed by atoms with Crippen molar-refractivity contribution in [2.24, 2.45) is 0 Å². The van der Waals surface area contributed by atoms with Crippen LogP contribution in [0.2, 0.25) is 0 Å². The van der Waals surface area contributed by atoms with E-state index in [9.17, 15) is 8.42 Å². The predicted octanol–water partition coefficient (Wildman–Crippen LogP) is 2.91. The maximum absolute atomic E-state index is 12.8. The van der Waals surface area contributed by atoms with Crippen LogP contribution in [0.3, 0.4) is 0 Å². The molecule has 0 bridgehead atoms. The van der Waals surface area contributed by atoms with E-state index in [-0.39, 0.29) is 4.90 Å². The predicted molar refractivity (Wildman–Crippen MR) is 82.6 cm³/mol. The second kappa shape index (κ2) is 6.75. The molecule has 0 spiro atoms. The fraction of sp³-hybridized carbons (Fsp3) is 0.538. The molecule has 7 heteroatoms. The van der Waals surface area contributed by atoms with Gasteiger partial charge in [-0.3, -0.25) is 0 Å². The third kappa shape index (κ3) is 3.36. The van der Waals surface area contributed by atoms with E-state index in [4.69, 9.17) is 16.3 Å². The molecule has 1 aromatic rings. The van der Waals surface area contributed by atoms with E-state index in [0.29, 0.717) is 43.1 Å². The molecule has 0 aromatic heterocycles. The molecule has 0 amide bonds. The highest BCUT2D eigenvalue weighted by molar-refractivity contribution is 9.10. The Morgan fingerprint density at radius 1 is 1.35 bits per heavy atom. The Morgan fingerprint density at radius 3 is 2.80 bits per heavy atom. The summed E-state index contributed by atoms with van der Waals surface area (Å²) in [5.41, 5.74) is 1.67. The lowest BCUT2D eigenvalue weighted by atomic mass is 10.2. The molecule has 2 rings (SSSR count). The summed E-state index contributed by atoms with van der Waals surface area (Å²) in [6, 6.07) is 3.53. The average molecular weight is 383 g/mol. The van der Waals surface area contributed by atoms with Crippen molar-refractivity contribution in [3.05, 3.63) is 27.7 Å². The summed E-state index contributed by atoms with van der Waals surface area (Å²) in [6.45, 7) is 3.78. The summed E-state index contributed by atoms with van der Waals surface area (Å²) < 4.78 is 33.0. The summed E-state index contributed by atoms with van der Waals surface area (Å²) in [6.07, 6.45) is 0.713. The Morgan fingerprint density at radius 2 is 2.10 bits per heavy atom. The first-order chi connectivity index (χ1) is 9.46. The molecule has 0 radical (unpaired) electrons. The van der Waals surface area contributed by atoms with Crippen molar-refractivity contribution in [3.8, 4) is 0 Å². The maximum atomic E-state index is 12.8. The van der Waals surface area contributed by atoms with E-state index in [1.54, 1.807) is 6.07 Å². The molecular weight excluding hydrogens is 366 g/mol. The molecule has 0 atom stereocenters. The zero-order valence-electron chi connectivity index (χ0n) is 11.2. The summed E-state index contributed by atoms with van der Waals surface area (Å²) in [5, 5.41) is 0. The number of aryl methyl sites for hydroxylation is 1. The Kier molecular flexibility index (Phi) is 5.48. The Labute approximate surface area is 133 Å². The van der Waals surface area contributed by atoms with Gasteiger partial charge >= 0.3 is 0 Å². The first-order valence-electron chi connectivity index (χ1n) is 6.39. The van der Waals surface area contributed by atoms with Gasteiger partial charge < -0.3 is 4.74 Å². The van der Waals surface area contributed by atoms with Crippen LogP contribution < -0.4 is 0 Å². The van der Waals surface area contributed by atoms with E-state index >= 15 is 0 Å². The van der Waals surface area contributed by atoms with Crippen LogP contribution in [0.5, 0.6) is 0 Å². The summed E-state index contributed by atoms with van der Waals surface area (Å²) >= 11 is 9.23. The number of alkyl halides is 1. The summed E-state index contributed by atoms with van der Waals surface area (Å²) in [4.78, 5) is 0.287. The van der Waals surface area contributed by atoms with Gasteiger partial charge in [0.2, 0.25) is 10.0 Å². The van der Waals surface area contributed by atoms with Gasteiger partial charge in [-0.2, -0.15) is 4.31 Å². The zero-order valence-corrected chi connectivity index (χ0v) is 14.4. The number of ether oxygens (including phenoxy) is 1. The lowest BCUT2D eigenvalue weighted by Gasteiger charge is -2.21. The fourth-order valence-electron chi connectivity index (χ4n) is 2.18. The van der Waals surface area contributed by atoms with Gasteiger partial charge in [-0.25, -0.2) is 8.42 Å². The molecule has 1 aliphatic heterocycles. The Balaban J connectivity index is 2.45. The highest BCUT2D eigenvalue weighted by atomic mass is 79.9. The average Bonchev–Trinajstić information content (AvgIpc) is 2.70. The van der Waals surface area contributed by atoms with Crippen molar-refractivity contribution in [3.63, 3.8) is 0 Å². The molecule has 1 fully saturated rings. The fourth-order valence-corrected chi connectivity index (χ4v) is 4.82. The highest BCUT2D eigenvalue weighted by Gasteiger charge is 2.28. The second-order valence-electron chi connectivity index (χ2n) is 4.73. The third-order valence-electron chi connectivity index (χ3n) is 3.23. The van der Waals surface area contributed by atoms with Crippen LogP contribution in [-0.4, -0.2) is 39.0 Å². The van der Waals surface area contributed by atoms with Gasteiger partial charge in [0.25, 0.3) is 0 Å². The smallest absolute Gasteiger partial charge is 0.244 e. The normalized spacial score (nSPS) is 17.9. The quantitative estimate of drug-likeness (QED) is 0.755. The summed E-state index contributed by atoms with van der Waals surface area (Å²) in [5.74, 6) is 0.291. The molecule has 0 saturated carbocycles. The van der Waals surface area contributed by atoms with Crippen LogP contribution in [0.1, 0.15) is 17.5 Å². The van der Waals surface area contributed by atoms with Crippen LogP contribution in [0, 0.1) is 6.92 Å². The van der Waals surface area contributed by atoms with Crippen LogP contribution in [-0.2, 0) is 20.6 Å². The molecule has 112 valence electrons. The number of hydrogen-bond donors (Lipinski definition) is 0. The lowest BCUT2D eigenvalue weighted by molar-refractivity contribution is 0.148. The van der Waals surface area contributed by atoms with Crippen LogP contribution in [0.4, 0.5) is 0 Å². The molecule has 1 aliphatic rings. The van der Waals surface area contributed by atoms with Gasteiger partial charge in [0.1, 0.15) is 0 Å². The topological polar surface area (TPSA) is 46.6 Å². The molecule has 4 nitrogen and oxygen atoms in total. The first-order valence-corrected chi connectivity index (χ1v) is 9.16. The van der Waals surface area contributed by atoms with Crippen LogP contribution in [0.25, 0.3) is 0 Å². The highest BCUT2D eigenvalue weighted by Crippen LogP contribution is 2.30. The van der Waals surface area contributed by atoms with Gasteiger partial charge in [0, 0.05) is 30.0 Å². The van der Waals surface area contributed by atoms with E-state index in [1.165, 1.54) is 4.31 Å². The number of halogens is 2. The van der Waals surface area contributed by atoms with Gasteiger partial charge in [0.05, 0.1) is 11.5 Å². The standard InChI is InChI=1S/C13H17BrClNO3S/c1-10-7-11(9-15)8-12(13(10)14)20(17,18)16-3-2-5-19-6-4-16/h7-8H,2-6,9H2,1H3. The van der Waals surface area contributed by atoms with Gasteiger partial charge in [-0.1, -0.05) is 6.07 Å². The van der Waals surface area contributed by atoms with E-state index in [0.717, 1.165) is 11.1 Å². The molecule has 0 N–H and O–H groups in total. The number of rotatable bonds is 3. The van der Waals surface area contributed by atoms with Crippen molar-refractivity contribution >= 4 is 37.6 Å². The van der Waals surface area contributed by atoms with Gasteiger partial charge in [-0.05, 0) is 46.5 Å². The number of sulfonamides is 1. The monoisotopic (exact) mass is 381 g/mol. The Bertz CT molecular complexity index is 584. The largest absolute Gasteiger partial charge is 0.380 e. The van der Waals surface area contributed by atoms with E-state index in [1.807, 2.05) is 13.0 Å². The molecule has 1 aromatic carbocycles. The lowest BCUT2D eigenvalue weighted by Crippen LogP contribution is -2.33. The molecule has 1 saturated heterocycles. The number of hydrogen-bond acceptors (Lipinski definition) is 3. The van der Waals surface area contributed by atoms with Crippen molar-refractivity contribution in [1.29, 1.82) is 0 Å². The number of benzene rings is 1. The first kappa shape index (κ1) is 16.2. The van der Waals surface area contributed by atoms with Crippen LogP contribution >= 0.6 is 27.5 Å². The molecule has 0 unspecified atom stereocenters. The number of nitrogens with zero attached hydrogens (tertiary/aromatic N) is 1. The van der Waals surface area contributed by atoms with Gasteiger partial charge in [0.15, 0.2) is 0 Å². The zero-order chi connectivity index (χ0) is 14.8. The Hall–Kier alpha value is -0.140. The second-order valence-corrected chi connectivity index (χ2v) is 7.70. The van der Waals surface area contributed by atoms with Crippen molar-refractivity contribution in [2.45, 2.75) is 24.1 Å². The molecule has 20 heavy (non-hydrogen) atoms. The van der Waals surface area contributed by atoms with Gasteiger partial charge in [-0.15, -0.1) is 11.6 Å². The summed E-state index contributed by atoms with van der Waals surface area (Å²) in [7, 11) is -3.52. The maximum Gasteiger partial charge on any atom is 0.244 e. The van der Waals surface area contributed by atoms with Crippen molar-refractivity contribution < 1.29 is 13.2 Å². The van der Waals surface area contributed by atoms with Crippen molar-refractivity contribution in [1.82, 2.24) is 4.31 Å². The molecule has 0 aliphatic carbocycles. The molecular formula is C13H17BrClNO3S. The SMILES string of the molecule is Cc1cc(CCl)cc(S(=O)(=O)N2CCCOCC2)c1Br. The van der Waals surface area contributed by atoms with Crippen LogP contribution in [0.15, 0.2) is 21.5 Å². The minimum atomic E-state index is -3.52. The third-order valence-corrected chi connectivity index (χ3v) is 6.78.